The predicted molar refractivity (Wildman–Crippen MR) is 82.5 cm³/mol. The smallest absolute Gasteiger partial charge is 0.165 e. The number of thiol groups is 1. The Kier molecular flexibility index (Phi) is 4.34. The van der Waals surface area contributed by atoms with E-state index < -0.39 is 0 Å². The number of ether oxygens (including phenoxy) is 2. The Morgan fingerprint density at radius 2 is 2.11 bits per heavy atom. The Bertz CT molecular complexity index is 440. The standard InChI is InChI=1S/C16H24O2S/c1-11(2)13(10-19)9-17-14-7-5-6-12-8-16(3,4)18-15(12)14/h5-7,11,13,19H,8-10H2,1-4H3. The molecule has 1 aliphatic heterocycles. The highest BCUT2D eigenvalue weighted by Gasteiger charge is 2.32. The lowest BCUT2D eigenvalue weighted by Crippen LogP contribution is -2.25. The first-order valence-electron chi connectivity index (χ1n) is 6.97. The van der Waals surface area contributed by atoms with Crippen LogP contribution in [0.1, 0.15) is 33.3 Å². The van der Waals surface area contributed by atoms with Crippen LogP contribution in [0.25, 0.3) is 0 Å². The second-order valence-electron chi connectivity index (χ2n) is 6.28. The van der Waals surface area contributed by atoms with Crippen LogP contribution in [0.2, 0.25) is 0 Å². The van der Waals surface area contributed by atoms with Gasteiger partial charge in [0.1, 0.15) is 5.60 Å². The van der Waals surface area contributed by atoms with Gasteiger partial charge in [-0.25, -0.2) is 0 Å². The van der Waals surface area contributed by atoms with Crippen molar-refractivity contribution in [3.05, 3.63) is 23.8 Å². The van der Waals surface area contributed by atoms with Crippen LogP contribution in [-0.4, -0.2) is 18.0 Å². The van der Waals surface area contributed by atoms with Crippen LogP contribution < -0.4 is 9.47 Å². The number of para-hydroxylation sites is 1. The molecule has 1 aromatic rings. The van der Waals surface area contributed by atoms with Crippen molar-refractivity contribution in [3.8, 4) is 11.5 Å². The summed E-state index contributed by atoms with van der Waals surface area (Å²) in [6, 6.07) is 6.16. The van der Waals surface area contributed by atoms with Crippen molar-refractivity contribution in [2.45, 2.75) is 39.7 Å². The molecule has 0 amide bonds. The van der Waals surface area contributed by atoms with Gasteiger partial charge in [-0.2, -0.15) is 12.6 Å². The van der Waals surface area contributed by atoms with Crippen molar-refractivity contribution in [1.29, 1.82) is 0 Å². The average molecular weight is 280 g/mol. The van der Waals surface area contributed by atoms with Crippen LogP contribution in [0.5, 0.6) is 11.5 Å². The second kappa shape index (κ2) is 5.66. The number of rotatable bonds is 5. The van der Waals surface area contributed by atoms with E-state index in [1.165, 1.54) is 5.56 Å². The van der Waals surface area contributed by atoms with Crippen LogP contribution in [0.3, 0.4) is 0 Å². The summed E-state index contributed by atoms with van der Waals surface area (Å²) in [5.41, 5.74) is 1.12. The molecule has 2 rings (SSSR count). The average Bonchev–Trinajstić information content (AvgIpc) is 2.64. The van der Waals surface area contributed by atoms with Gasteiger partial charge in [0.25, 0.3) is 0 Å². The largest absolute Gasteiger partial charge is 0.489 e. The van der Waals surface area contributed by atoms with Gasteiger partial charge in [0.05, 0.1) is 6.61 Å². The number of fused-ring (bicyclic) bond motifs is 1. The third-order valence-corrected chi connectivity index (χ3v) is 4.15. The van der Waals surface area contributed by atoms with Crippen molar-refractivity contribution in [2.24, 2.45) is 11.8 Å². The molecule has 0 N–H and O–H groups in total. The highest BCUT2D eigenvalue weighted by molar-refractivity contribution is 7.80. The zero-order valence-electron chi connectivity index (χ0n) is 12.3. The zero-order valence-corrected chi connectivity index (χ0v) is 13.2. The number of hydrogen-bond donors (Lipinski definition) is 1. The van der Waals surface area contributed by atoms with Crippen molar-refractivity contribution in [1.82, 2.24) is 0 Å². The second-order valence-corrected chi connectivity index (χ2v) is 6.65. The van der Waals surface area contributed by atoms with E-state index >= 15 is 0 Å². The van der Waals surface area contributed by atoms with Gasteiger partial charge < -0.3 is 9.47 Å². The molecule has 1 heterocycles. The van der Waals surface area contributed by atoms with Crippen LogP contribution >= 0.6 is 12.6 Å². The summed E-state index contributed by atoms with van der Waals surface area (Å²) >= 11 is 4.40. The summed E-state index contributed by atoms with van der Waals surface area (Å²) in [5.74, 6) is 3.68. The normalized spacial score (nSPS) is 18.0. The van der Waals surface area contributed by atoms with Gasteiger partial charge in [-0.3, -0.25) is 0 Å². The molecule has 1 atom stereocenters. The van der Waals surface area contributed by atoms with Crippen LogP contribution in [-0.2, 0) is 6.42 Å². The highest BCUT2D eigenvalue weighted by Crippen LogP contribution is 2.41. The molecule has 1 aliphatic rings. The minimum atomic E-state index is -0.122. The lowest BCUT2D eigenvalue weighted by atomic mass is 9.99. The van der Waals surface area contributed by atoms with E-state index in [9.17, 15) is 0 Å². The van der Waals surface area contributed by atoms with E-state index in [1.54, 1.807) is 0 Å². The van der Waals surface area contributed by atoms with Crippen molar-refractivity contribution in [2.75, 3.05) is 12.4 Å². The Morgan fingerprint density at radius 3 is 2.74 bits per heavy atom. The fourth-order valence-electron chi connectivity index (χ4n) is 2.35. The van der Waals surface area contributed by atoms with Gasteiger partial charge in [0, 0.05) is 17.9 Å². The third kappa shape index (κ3) is 3.38. The van der Waals surface area contributed by atoms with Gasteiger partial charge in [-0.15, -0.1) is 0 Å². The van der Waals surface area contributed by atoms with E-state index in [1.807, 2.05) is 12.1 Å². The SMILES string of the molecule is CC(C)C(CS)COc1cccc2c1OC(C)(C)C2. The number of benzene rings is 1. The molecule has 1 unspecified atom stereocenters. The van der Waals surface area contributed by atoms with E-state index in [2.05, 4.69) is 46.4 Å². The molecule has 0 aliphatic carbocycles. The predicted octanol–water partition coefficient (Wildman–Crippen LogP) is 3.98. The molecule has 3 heteroatoms. The van der Waals surface area contributed by atoms with Gasteiger partial charge in [-0.05, 0) is 31.6 Å². The van der Waals surface area contributed by atoms with Gasteiger partial charge in [-0.1, -0.05) is 26.0 Å². The van der Waals surface area contributed by atoms with E-state index in [0.717, 1.165) is 23.7 Å². The fraction of sp³-hybridized carbons (Fsp3) is 0.625. The summed E-state index contributed by atoms with van der Waals surface area (Å²) in [7, 11) is 0. The topological polar surface area (TPSA) is 18.5 Å². The summed E-state index contributed by atoms with van der Waals surface area (Å²) in [5, 5.41) is 0. The zero-order chi connectivity index (χ0) is 14.0. The van der Waals surface area contributed by atoms with E-state index in [4.69, 9.17) is 9.47 Å². The summed E-state index contributed by atoms with van der Waals surface area (Å²) in [6.07, 6.45) is 0.944. The van der Waals surface area contributed by atoms with Gasteiger partial charge >= 0.3 is 0 Å². The molecule has 0 saturated carbocycles. The van der Waals surface area contributed by atoms with Crippen LogP contribution in [0.15, 0.2) is 18.2 Å². The van der Waals surface area contributed by atoms with Crippen molar-refractivity contribution in [3.63, 3.8) is 0 Å². The molecular formula is C16H24O2S. The summed E-state index contributed by atoms with van der Waals surface area (Å²) in [6.45, 7) is 9.34. The lowest BCUT2D eigenvalue weighted by Gasteiger charge is -2.21. The van der Waals surface area contributed by atoms with Crippen molar-refractivity contribution < 1.29 is 9.47 Å². The monoisotopic (exact) mass is 280 g/mol. The Balaban J connectivity index is 2.09. The maximum atomic E-state index is 6.01. The molecule has 2 nitrogen and oxygen atoms in total. The van der Waals surface area contributed by atoms with Gasteiger partial charge in [0.15, 0.2) is 11.5 Å². The third-order valence-electron chi connectivity index (χ3n) is 3.69. The Hall–Kier alpha value is -0.830. The van der Waals surface area contributed by atoms with E-state index in [0.29, 0.717) is 18.4 Å². The quantitative estimate of drug-likeness (QED) is 0.822. The first-order chi connectivity index (χ1) is 8.93. The molecule has 0 radical (unpaired) electrons. The Morgan fingerprint density at radius 1 is 1.37 bits per heavy atom. The minimum absolute atomic E-state index is 0.122. The first kappa shape index (κ1) is 14.6. The van der Waals surface area contributed by atoms with Crippen LogP contribution in [0, 0.1) is 11.8 Å². The molecular weight excluding hydrogens is 256 g/mol. The maximum Gasteiger partial charge on any atom is 0.165 e. The van der Waals surface area contributed by atoms with E-state index in [-0.39, 0.29) is 5.60 Å². The summed E-state index contributed by atoms with van der Waals surface area (Å²) < 4.78 is 12.0. The molecule has 1 aromatic carbocycles. The van der Waals surface area contributed by atoms with Gasteiger partial charge in [0.2, 0.25) is 0 Å². The van der Waals surface area contributed by atoms with Crippen LogP contribution in [0.4, 0.5) is 0 Å². The molecule has 0 saturated heterocycles. The molecule has 0 aromatic heterocycles. The molecule has 19 heavy (non-hydrogen) atoms. The Labute approximate surface area is 121 Å². The van der Waals surface area contributed by atoms with Crippen molar-refractivity contribution >= 4 is 12.6 Å². The lowest BCUT2D eigenvalue weighted by molar-refractivity contribution is 0.129. The summed E-state index contributed by atoms with van der Waals surface area (Å²) in [4.78, 5) is 0. The molecule has 106 valence electrons. The minimum Gasteiger partial charge on any atom is -0.489 e. The highest BCUT2D eigenvalue weighted by atomic mass is 32.1. The molecule has 0 bridgehead atoms. The maximum absolute atomic E-state index is 6.01. The molecule has 0 spiro atoms. The first-order valence-corrected chi connectivity index (χ1v) is 7.61. The number of hydrogen-bond acceptors (Lipinski definition) is 3. The fourth-order valence-corrected chi connectivity index (χ4v) is 2.88. The molecule has 0 fully saturated rings.